The molecule has 0 aliphatic carbocycles. The van der Waals surface area contributed by atoms with Crippen molar-refractivity contribution in [3.8, 4) is 0 Å². The number of hydrogen-bond donors (Lipinski definition) is 2. The van der Waals surface area contributed by atoms with E-state index in [0.29, 0.717) is 18.8 Å². The number of nitrogens with two attached hydrogens (primary N) is 1. The number of halogens is 2. The first-order chi connectivity index (χ1) is 8.29. The van der Waals surface area contributed by atoms with Crippen molar-refractivity contribution < 1.29 is 4.79 Å². The van der Waals surface area contributed by atoms with E-state index in [9.17, 15) is 4.79 Å². The standard InChI is InChI=1S/C10H12N4OS2.2ClH/c11-5-9-14-7(6-17-9)10(15)13-2-1-8-12-3-4-16-8;;/h3-4,6H,1-2,5,11H2,(H,13,15);2*1H. The highest BCUT2D eigenvalue weighted by Gasteiger charge is 2.09. The van der Waals surface area contributed by atoms with Gasteiger partial charge < -0.3 is 11.1 Å². The van der Waals surface area contributed by atoms with E-state index in [2.05, 4.69) is 15.3 Å². The Bertz CT molecular complexity index is 489. The topological polar surface area (TPSA) is 80.9 Å². The van der Waals surface area contributed by atoms with Crippen LogP contribution in [0.3, 0.4) is 0 Å². The van der Waals surface area contributed by atoms with E-state index in [4.69, 9.17) is 5.73 Å². The second-order valence-electron chi connectivity index (χ2n) is 3.26. The molecule has 0 aromatic carbocycles. The highest BCUT2D eigenvalue weighted by atomic mass is 35.5. The van der Waals surface area contributed by atoms with E-state index in [1.807, 2.05) is 5.38 Å². The van der Waals surface area contributed by atoms with Gasteiger partial charge in [-0.2, -0.15) is 0 Å². The van der Waals surface area contributed by atoms with Crippen molar-refractivity contribution in [2.75, 3.05) is 6.54 Å². The van der Waals surface area contributed by atoms with Gasteiger partial charge >= 0.3 is 0 Å². The molecule has 0 radical (unpaired) electrons. The van der Waals surface area contributed by atoms with Crippen molar-refractivity contribution in [3.05, 3.63) is 32.7 Å². The van der Waals surface area contributed by atoms with Gasteiger partial charge in [0.05, 0.1) is 5.01 Å². The molecular weight excluding hydrogens is 327 g/mol. The number of nitrogens with zero attached hydrogens (tertiary/aromatic N) is 2. The summed E-state index contributed by atoms with van der Waals surface area (Å²) in [6.07, 6.45) is 2.51. The maximum Gasteiger partial charge on any atom is 0.270 e. The van der Waals surface area contributed by atoms with Gasteiger partial charge in [-0.3, -0.25) is 4.79 Å². The first-order valence-electron chi connectivity index (χ1n) is 5.10. The summed E-state index contributed by atoms with van der Waals surface area (Å²) in [5, 5.41) is 8.24. The lowest BCUT2D eigenvalue weighted by molar-refractivity contribution is 0.0949. The van der Waals surface area contributed by atoms with Crippen molar-refractivity contribution in [2.24, 2.45) is 5.73 Å². The molecule has 19 heavy (non-hydrogen) atoms. The Morgan fingerprint density at radius 3 is 2.68 bits per heavy atom. The second kappa shape index (κ2) is 9.22. The molecule has 0 atom stereocenters. The number of thiazole rings is 2. The number of carbonyl (C=O) groups is 1. The van der Waals surface area contributed by atoms with Crippen molar-refractivity contribution >= 4 is 53.4 Å². The summed E-state index contributed by atoms with van der Waals surface area (Å²) in [6, 6.07) is 0. The second-order valence-corrected chi connectivity index (χ2v) is 5.18. The Hall–Kier alpha value is -0.730. The zero-order chi connectivity index (χ0) is 12.1. The molecule has 0 fully saturated rings. The lowest BCUT2D eigenvalue weighted by atomic mass is 10.4. The number of nitrogens with one attached hydrogen (secondary N) is 1. The maximum atomic E-state index is 11.7. The van der Waals surface area contributed by atoms with Gasteiger partial charge in [-0.15, -0.1) is 47.5 Å². The SMILES string of the molecule is Cl.Cl.NCc1nc(C(=O)NCCc2nccs2)cs1. The van der Waals surface area contributed by atoms with E-state index in [1.54, 1.807) is 22.9 Å². The highest BCUT2D eigenvalue weighted by molar-refractivity contribution is 7.10. The Morgan fingerprint density at radius 1 is 1.32 bits per heavy atom. The van der Waals surface area contributed by atoms with Gasteiger partial charge in [0.1, 0.15) is 10.7 Å². The first-order valence-corrected chi connectivity index (χ1v) is 6.86. The monoisotopic (exact) mass is 340 g/mol. The van der Waals surface area contributed by atoms with Gasteiger partial charge in [-0.25, -0.2) is 9.97 Å². The molecule has 106 valence electrons. The molecule has 0 spiro atoms. The highest BCUT2D eigenvalue weighted by Crippen LogP contribution is 2.08. The summed E-state index contributed by atoms with van der Waals surface area (Å²) in [7, 11) is 0. The van der Waals surface area contributed by atoms with Crippen molar-refractivity contribution in [1.82, 2.24) is 15.3 Å². The molecule has 9 heteroatoms. The number of aromatic nitrogens is 2. The molecule has 2 aromatic heterocycles. The van der Waals surface area contributed by atoms with Gasteiger partial charge in [0.25, 0.3) is 5.91 Å². The fraction of sp³-hybridized carbons (Fsp3) is 0.300. The number of carbonyl (C=O) groups excluding carboxylic acids is 1. The van der Waals surface area contributed by atoms with Crippen LogP contribution in [0.1, 0.15) is 20.5 Å². The fourth-order valence-corrected chi connectivity index (χ4v) is 2.53. The summed E-state index contributed by atoms with van der Waals surface area (Å²) >= 11 is 2.99. The zero-order valence-electron chi connectivity index (χ0n) is 9.87. The molecule has 0 unspecified atom stereocenters. The minimum atomic E-state index is -0.155. The normalized spacial score (nSPS) is 9.32. The van der Waals surface area contributed by atoms with E-state index < -0.39 is 0 Å². The third-order valence-corrected chi connectivity index (χ3v) is 3.78. The molecule has 1 amide bonds. The molecular formula is C10H14Cl2N4OS2. The van der Waals surface area contributed by atoms with Crippen LogP contribution in [0.2, 0.25) is 0 Å². The Kier molecular flexibility index (Phi) is 8.86. The van der Waals surface area contributed by atoms with Crippen LogP contribution < -0.4 is 11.1 Å². The maximum absolute atomic E-state index is 11.7. The Labute approximate surface area is 131 Å². The molecule has 5 nitrogen and oxygen atoms in total. The minimum Gasteiger partial charge on any atom is -0.350 e. The van der Waals surface area contributed by atoms with Crippen LogP contribution in [0, 0.1) is 0 Å². The lowest BCUT2D eigenvalue weighted by Gasteiger charge is -2.00. The van der Waals surface area contributed by atoms with Crippen LogP contribution in [0.25, 0.3) is 0 Å². The van der Waals surface area contributed by atoms with E-state index >= 15 is 0 Å². The van der Waals surface area contributed by atoms with Gasteiger partial charge in [0.15, 0.2) is 0 Å². The van der Waals surface area contributed by atoms with Crippen molar-refractivity contribution in [2.45, 2.75) is 13.0 Å². The predicted molar refractivity (Wildman–Crippen MR) is 82.7 cm³/mol. The molecule has 0 saturated heterocycles. The summed E-state index contributed by atoms with van der Waals surface area (Å²) in [6.45, 7) is 0.943. The Balaban J connectivity index is 0.00000162. The largest absolute Gasteiger partial charge is 0.350 e. The number of hydrogen-bond acceptors (Lipinski definition) is 6. The fourth-order valence-electron chi connectivity index (χ4n) is 1.26. The van der Waals surface area contributed by atoms with Crippen LogP contribution >= 0.6 is 47.5 Å². The molecule has 0 bridgehead atoms. The minimum absolute atomic E-state index is 0. The third-order valence-electron chi connectivity index (χ3n) is 2.07. The summed E-state index contributed by atoms with van der Waals surface area (Å²) in [4.78, 5) is 19.9. The average Bonchev–Trinajstić information content (AvgIpc) is 2.99. The van der Waals surface area contributed by atoms with Crippen LogP contribution in [-0.2, 0) is 13.0 Å². The quantitative estimate of drug-likeness (QED) is 0.870. The van der Waals surface area contributed by atoms with Gasteiger partial charge in [0, 0.05) is 36.5 Å². The average molecular weight is 341 g/mol. The van der Waals surface area contributed by atoms with Gasteiger partial charge in [-0.05, 0) is 0 Å². The van der Waals surface area contributed by atoms with Gasteiger partial charge in [0.2, 0.25) is 0 Å². The molecule has 0 aliphatic rings. The number of rotatable bonds is 5. The summed E-state index contributed by atoms with van der Waals surface area (Å²) in [5.74, 6) is -0.155. The molecule has 3 N–H and O–H groups in total. The molecule has 2 aromatic rings. The molecule has 2 rings (SSSR count). The first kappa shape index (κ1) is 18.3. The van der Waals surface area contributed by atoms with E-state index in [0.717, 1.165) is 16.4 Å². The van der Waals surface area contributed by atoms with Crippen LogP contribution in [0.5, 0.6) is 0 Å². The molecule has 0 saturated carbocycles. The zero-order valence-corrected chi connectivity index (χ0v) is 13.1. The molecule has 0 aliphatic heterocycles. The van der Waals surface area contributed by atoms with E-state index in [1.165, 1.54) is 11.3 Å². The summed E-state index contributed by atoms with van der Waals surface area (Å²) < 4.78 is 0. The van der Waals surface area contributed by atoms with Crippen LogP contribution in [-0.4, -0.2) is 22.4 Å². The van der Waals surface area contributed by atoms with Gasteiger partial charge in [-0.1, -0.05) is 0 Å². The number of amides is 1. The molecule has 2 heterocycles. The van der Waals surface area contributed by atoms with E-state index in [-0.39, 0.29) is 30.7 Å². The smallest absolute Gasteiger partial charge is 0.270 e. The van der Waals surface area contributed by atoms with Crippen molar-refractivity contribution in [1.29, 1.82) is 0 Å². The predicted octanol–water partition coefficient (Wildman–Crippen LogP) is 1.87. The Morgan fingerprint density at radius 2 is 2.11 bits per heavy atom. The van der Waals surface area contributed by atoms with Crippen molar-refractivity contribution in [3.63, 3.8) is 0 Å². The van der Waals surface area contributed by atoms with Crippen LogP contribution in [0.4, 0.5) is 0 Å². The van der Waals surface area contributed by atoms with Crippen LogP contribution in [0.15, 0.2) is 17.0 Å². The lowest BCUT2D eigenvalue weighted by Crippen LogP contribution is -2.26. The third kappa shape index (κ3) is 5.42. The summed E-state index contributed by atoms with van der Waals surface area (Å²) in [5.41, 5.74) is 5.88.